The number of nitrogens with two attached hydrogens (primary N) is 1. The summed E-state index contributed by atoms with van der Waals surface area (Å²) in [4.78, 5) is 11.8. The van der Waals surface area contributed by atoms with Gasteiger partial charge in [0.25, 0.3) is 0 Å². The first-order chi connectivity index (χ1) is 9.55. The van der Waals surface area contributed by atoms with Crippen molar-refractivity contribution >= 4 is 22.4 Å². The van der Waals surface area contributed by atoms with Crippen molar-refractivity contribution in [3.05, 3.63) is 40.4 Å². The maximum absolute atomic E-state index is 11.8. The number of anilines is 1. The van der Waals surface area contributed by atoms with Gasteiger partial charge in [-0.1, -0.05) is 41.2 Å². The van der Waals surface area contributed by atoms with Gasteiger partial charge < -0.3 is 5.73 Å². The SMILES string of the molecule is Cc1ccc(Cc2nnc(NC(=O)C3(N)CC3)s2)cc1. The normalized spacial score (nSPS) is 15.9. The molecule has 1 aromatic heterocycles. The summed E-state index contributed by atoms with van der Waals surface area (Å²) in [7, 11) is 0. The van der Waals surface area contributed by atoms with Gasteiger partial charge in [0.15, 0.2) is 0 Å². The molecule has 1 amide bonds. The fraction of sp³-hybridized carbons (Fsp3) is 0.357. The second-order valence-corrected chi connectivity index (χ2v) is 6.34. The van der Waals surface area contributed by atoms with Crippen LogP contribution in [0.15, 0.2) is 24.3 Å². The lowest BCUT2D eigenvalue weighted by Crippen LogP contribution is -2.37. The van der Waals surface area contributed by atoms with Gasteiger partial charge in [-0.05, 0) is 25.3 Å². The van der Waals surface area contributed by atoms with E-state index in [0.29, 0.717) is 5.13 Å². The zero-order chi connectivity index (χ0) is 14.2. The van der Waals surface area contributed by atoms with E-state index in [1.54, 1.807) is 0 Å². The molecule has 3 N–H and O–H groups in total. The van der Waals surface area contributed by atoms with Crippen LogP contribution in [-0.2, 0) is 11.2 Å². The van der Waals surface area contributed by atoms with E-state index >= 15 is 0 Å². The Labute approximate surface area is 121 Å². The summed E-state index contributed by atoms with van der Waals surface area (Å²) in [5, 5.41) is 12.2. The fourth-order valence-corrected chi connectivity index (χ4v) is 2.61. The molecule has 5 nitrogen and oxygen atoms in total. The second kappa shape index (κ2) is 4.96. The number of hydrogen-bond donors (Lipinski definition) is 2. The largest absolute Gasteiger partial charge is 0.317 e. The van der Waals surface area contributed by atoms with Crippen molar-refractivity contribution in [3.8, 4) is 0 Å². The van der Waals surface area contributed by atoms with Crippen molar-refractivity contribution in [2.75, 3.05) is 5.32 Å². The number of carbonyl (C=O) groups is 1. The van der Waals surface area contributed by atoms with E-state index in [1.165, 1.54) is 22.5 Å². The van der Waals surface area contributed by atoms with Gasteiger partial charge in [0.2, 0.25) is 11.0 Å². The summed E-state index contributed by atoms with van der Waals surface area (Å²) in [6.07, 6.45) is 2.21. The number of carbonyl (C=O) groups excluding carboxylic acids is 1. The molecule has 1 aliphatic rings. The van der Waals surface area contributed by atoms with Crippen LogP contribution in [0.2, 0.25) is 0 Å². The Morgan fingerprint density at radius 2 is 2.05 bits per heavy atom. The molecule has 1 saturated carbocycles. The zero-order valence-electron chi connectivity index (χ0n) is 11.2. The smallest absolute Gasteiger partial charge is 0.246 e. The third-order valence-corrected chi connectivity index (χ3v) is 4.24. The van der Waals surface area contributed by atoms with Crippen LogP contribution in [0, 0.1) is 6.92 Å². The first-order valence-electron chi connectivity index (χ1n) is 6.53. The van der Waals surface area contributed by atoms with Crippen LogP contribution in [0.1, 0.15) is 29.0 Å². The second-order valence-electron chi connectivity index (χ2n) is 5.27. The Kier molecular flexibility index (Phi) is 3.27. The molecule has 1 aromatic carbocycles. The highest BCUT2D eigenvalue weighted by molar-refractivity contribution is 7.15. The highest BCUT2D eigenvalue weighted by Gasteiger charge is 2.46. The molecule has 0 unspecified atom stereocenters. The van der Waals surface area contributed by atoms with Crippen molar-refractivity contribution in [1.82, 2.24) is 10.2 Å². The van der Waals surface area contributed by atoms with Crippen molar-refractivity contribution in [3.63, 3.8) is 0 Å². The molecule has 0 radical (unpaired) electrons. The summed E-state index contributed by atoms with van der Waals surface area (Å²) in [6.45, 7) is 2.06. The number of amides is 1. The zero-order valence-corrected chi connectivity index (χ0v) is 12.0. The van der Waals surface area contributed by atoms with Gasteiger partial charge in [0.1, 0.15) is 5.01 Å². The molecule has 20 heavy (non-hydrogen) atoms. The molecule has 0 bridgehead atoms. The Bertz CT molecular complexity index is 631. The highest BCUT2D eigenvalue weighted by Crippen LogP contribution is 2.33. The Hall–Kier alpha value is -1.79. The van der Waals surface area contributed by atoms with Crippen LogP contribution < -0.4 is 11.1 Å². The van der Waals surface area contributed by atoms with E-state index in [9.17, 15) is 4.79 Å². The first-order valence-corrected chi connectivity index (χ1v) is 7.35. The molecule has 1 fully saturated rings. The maximum Gasteiger partial charge on any atom is 0.246 e. The van der Waals surface area contributed by atoms with Gasteiger partial charge >= 0.3 is 0 Å². The maximum atomic E-state index is 11.8. The molecule has 1 aliphatic carbocycles. The lowest BCUT2D eigenvalue weighted by Gasteiger charge is -2.05. The van der Waals surface area contributed by atoms with Gasteiger partial charge in [0, 0.05) is 6.42 Å². The van der Waals surface area contributed by atoms with Crippen LogP contribution in [0.4, 0.5) is 5.13 Å². The van der Waals surface area contributed by atoms with Crippen LogP contribution in [-0.4, -0.2) is 21.6 Å². The predicted molar refractivity (Wildman–Crippen MR) is 78.7 cm³/mol. The molecule has 6 heteroatoms. The van der Waals surface area contributed by atoms with E-state index in [4.69, 9.17) is 5.73 Å². The van der Waals surface area contributed by atoms with Gasteiger partial charge in [-0.15, -0.1) is 10.2 Å². The van der Waals surface area contributed by atoms with E-state index in [0.717, 1.165) is 24.3 Å². The Morgan fingerprint density at radius 3 is 2.70 bits per heavy atom. The molecule has 3 rings (SSSR count). The molecule has 0 saturated heterocycles. The highest BCUT2D eigenvalue weighted by atomic mass is 32.1. The number of nitrogens with one attached hydrogen (secondary N) is 1. The first kappa shape index (κ1) is 13.2. The predicted octanol–water partition coefficient (Wildman–Crippen LogP) is 1.87. The minimum Gasteiger partial charge on any atom is -0.317 e. The number of hydrogen-bond acceptors (Lipinski definition) is 5. The lowest BCUT2D eigenvalue weighted by atomic mass is 10.1. The van der Waals surface area contributed by atoms with Gasteiger partial charge in [-0.2, -0.15) is 0 Å². The Morgan fingerprint density at radius 1 is 1.35 bits per heavy atom. The van der Waals surface area contributed by atoms with Crippen molar-refractivity contribution in [1.29, 1.82) is 0 Å². The van der Waals surface area contributed by atoms with Crippen LogP contribution in [0.5, 0.6) is 0 Å². The van der Waals surface area contributed by atoms with E-state index in [-0.39, 0.29) is 5.91 Å². The fourth-order valence-electron chi connectivity index (χ4n) is 1.84. The average Bonchev–Trinajstić information content (AvgIpc) is 3.03. The summed E-state index contributed by atoms with van der Waals surface area (Å²) < 4.78 is 0. The minimum atomic E-state index is -0.678. The van der Waals surface area contributed by atoms with Gasteiger partial charge in [-0.25, -0.2) is 0 Å². The average molecular weight is 288 g/mol. The molecule has 2 aromatic rings. The minimum absolute atomic E-state index is 0.157. The molecule has 1 heterocycles. The van der Waals surface area contributed by atoms with E-state index in [2.05, 4.69) is 46.7 Å². The van der Waals surface area contributed by atoms with Crippen LogP contribution >= 0.6 is 11.3 Å². The van der Waals surface area contributed by atoms with Crippen molar-refractivity contribution < 1.29 is 4.79 Å². The summed E-state index contributed by atoms with van der Waals surface area (Å²) in [5.74, 6) is -0.157. The quantitative estimate of drug-likeness (QED) is 0.900. The number of aryl methyl sites for hydroxylation is 1. The number of benzene rings is 1. The number of aromatic nitrogens is 2. The third-order valence-electron chi connectivity index (χ3n) is 3.40. The molecule has 104 valence electrons. The monoisotopic (exact) mass is 288 g/mol. The van der Waals surface area contributed by atoms with Gasteiger partial charge in [0.05, 0.1) is 5.54 Å². The number of rotatable bonds is 4. The van der Waals surface area contributed by atoms with Crippen molar-refractivity contribution in [2.45, 2.75) is 31.7 Å². The topological polar surface area (TPSA) is 80.9 Å². The standard InChI is InChI=1S/C14H16N4OS/c1-9-2-4-10(5-3-9)8-11-17-18-13(20-11)16-12(19)14(15)6-7-14/h2-5H,6-8,15H2,1H3,(H,16,18,19). The molecule has 0 atom stereocenters. The van der Waals surface area contributed by atoms with Crippen LogP contribution in [0.25, 0.3) is 0 Å². The molecular weight excluding hydrogens is 272 g/mol. The summed E-state index contributed by atoms with van der Waals surface area (Å²) >= 11 is 1.39. The van der Waals surface area contributed by atoms with Crippen LogP contribution in [0.3, 0.4) is 0 Å². The Balaban J connectivity index is 1.64. The lowest BCUT2D eigenvalue weighted by molar-refractivity contribution is -0.118. The van der Waals surface area contributed by atoms with E-state index < -0.39 is 5.54 Å². The molecular formula is C14H16N4OS. The molecule has 0 aliphatic heterocycles. The summed E-state index contributed by atoms with van der Waals surface area (Å²) in [5.41, 5.74) is 7.56. The number of nitrogens with zero attached hydrogens (tertiary/aromatic N) is 2. The van der Waals surface area contributed by atoms with Crippen molar-refractivity contribution in [2.24, 2.45) is 5.73 Å². The summed E-state index contributed by atoms with van der Waals surface area (Å²) in [6, 6.07) is 8.30. The molecule has 0 spiro atoms. The van der Waals surface area contributed by atoms with Gasteiger partial charge in [-0.3, -0.25) is 10.1 Å². The third kappa shape index (κ3) is 2.86. The van der Waals surface area contributed by atoms with E-state index in [1.807, 2.05) is 0 Å².